The molecule has 24 heavy (non-hydrogen) atoms. The highest BCUT2D eigenvalue weighted by molar-refractivity contribution is 5.25. The number of aliphatic hydroxyl groups is 1. The molecule has 2 rings (SSSR count). The number of nitrogens with zero attached hydrogens (tertiary/aromatic N) is 2. The summed E-state index contributed by atoms with van der Waals surface area (Å²) >= 11 is 0. The Morgan fingerprint density at radius 2 is 2.08 bits per heavy atom. The molecule has 1 atom stereocenters. The van der Waals surface area contributed by atoms with Crippen molar-refractivity contribution in [1.29, 1.82) is 0 Å². The maximum absolute atomic E-state index is 10.3. The molecule has 4 nitrogen and oxygen atoms in total. The highest BCUT2D eigenvalue weighted by Crippen LogP contribution is 2.12. The van der Waals surface area contributed by atoms with E-state index in [1.54, 1.807) is 0 Å². The number of hydrogen-bond acceptors (Lipinski definition) is 4. The predicted octanol–water partition coefficient (Wildman–Crippen LogP) is 2.46. The van der Waals surface area contributed by atoms with Crippen LogP contribution in [0.5, 0.6) is 0 Å². The zero-order valence-corrected chi connectivity index (χ0v) is 15.0. The molecule has 0 saturated carbocycles. The molecule has 0 unspecified atom stereocenters. The van der Waals surface area contributed by atoms with Crippen LogP contribution in [-0.2, 0) is 11.3 Å². The minimum absolute atomic E-state index is 0.295. The molecule has 0 aromatic heterocycles. The van der Waals surface area contributed by atoms with Gasteiger partial charge in [-0.15, -0.1) is 6.58 Å². The van der Waals surface area contributed by atoms with E-state index in [0.717, 1.165) is 58.8 Å². The second-order valence-electron chi connectivity index (χ2n) is 6.64. The predicted molar refractivity (Wildman–Crippen MR) is 99.2 cm³/mol. The van der Waals surface area contributed by atoms with Gasteiger partial charge < -0.3 is 9.84 Å². The highest BCUT2D eigenvalue weighted by atomic mass is 16.5. The molecule has 0 radical (unpaired) electrons. The molecule has 0 bridgehead atoms. The van der Waals surface area contributed by atoms with E-state index in [4.69, 9.17) is 4.74 Å². The standard InChI is InChI=1S/C20H32N2O2/c1-3-4-9-20(23)17-22(11-10-21-12-14-24-15-13-21)16-19-8-6-5-7-18(19)2/h3,5-8,20,23H,1,4,9-17H2,2H3/t20-/m0/s1. The molecule has 134 valence electrons. The average molecular weight is 332 g/mol. The van der Waals surface area contributed by atoms with Crippen molar-refractivity contribution in [2.75, 3.05) is 45.9 Å². The molecule has 1 aliphatic heterocycles. The van der Waals surface area contributed by atoms with Gasteiger partial charge in [0, 0.05) is 39.3 Å². The zero-order chi connectivity index (χ0) is 17.2. The molecule has 0 amide bonds. The Morgan fingerprint density at radius 1 is 1.33 bits per heavy atom. The summed E-state index contributed by atoms with van der Waals surface area (Å²) in [5, 5.41) is 10.3. The van der Waals surface area contributed by atoms with Crippen LogP contribution in [0, 0.1) is 6.92 Å². The third kappa shape index (κ3) is 6.73. The number of aliphatic hydroxyl groups excluding tert-OH is 1. The first kappa shape index (κ1) is 19.1. The van der Waals surface area contributed by atoms with Gasteiger partial charge in [0.15, 0.2) is 0 Å². The Bertz CT molecular complexity index is 486. The lowest BCUT2D eigenvalue weighted by Crippen LogP contribution is -2.43. The minimum atomic E-state index is -0.295. The SMILES string of the molecule is C=CCC[C@H](O)CN(CCN1CCOCC1)Cc1ccccc1C. The summed E-state index contributed by atoms with van der Waals surface area (Å²) < 4.78 is 5.42. The van der Waals surface area contributed by atoms with Crippen molar-refractivity contribution in [3.8, 4) is 0 Å². The fraction of sp³-hybridized carbons (Fsp3) is 0.600. The number of aryl methyl sites for hydroxylation is 1. The van der Waals surface area contributed by atoms with Crippen LogP contribution in [0.1, 0.15) is 24.0 Å². The van der Waals surface area contributed by atoms with E-state index >= 15 is 0 Å². The number of rotatable bonds is 10. The molecule has 1 aliphatic rings. The molecule has 1 aromatic rings. The van der Waals surface area contributed by atoms with Crippen molar-refractivity contribution in [1.82, 2.24) is 9.80 Å². The second kappa shape index (κ2) is 10.6. The molecule has 0 aliphatic carbocycles. The fourth-order valence-electron chi connectivity index (χ4n) is 3.07. The van der Waals surface area contributed by atoms with Crippen LogP contribution in [0.15, 0.2) is 36.9 Å². The molecule has 0 spiro atoms. The van der Waals surface area contributed by atoms with Crippen molar-refractivity contribution in [3.05, 3.63) is 48.0 Å². The van der Waals surface area contributed by atoms with Crippen LogP contribution in [0.2, 0.25) is 0 Å². The number of ether oxygens (including phenoxy) is 1. The van der Waals surface area contributed by atoms with E-state index in [-0.39, 0.29) is 6.10 Å². The summed E-state index contributed by atoms with van der Waals surface area (Å²) in [5.74, 6) is 0. The van der Waals surface area contributed by atoms with E-state index in [2.05, 4.69) is 47.6 Å². The third-order valence-electron chi connectivity index (χ3n) is 4.66. The first-order chi connectivity index (χ1) is 11.7. The molecular weight excluding hydrogens is 300 g/mol. The lowest BCUT2D eigenvalue weighted by atomic mass is 10.1. The average Bonchev–Trinajstić information content (AvgIpc) is 2.60. The fourth-order valence-corrected chi connectivity index (χ4v) is 3.07. The molecule has 1 heterocycles. The highest BCUT2D eigenvalue weighted by Gasteiger charge is 2.16. The van der Waals surface area contributed by atoms with Gasteiger partial charge in [-0.3, -0.25) is 9.80 Å². The minimum Gasteiger partial charge on any atom is -0.392 e. The van der Waals surface area contributed by atoms with Crippen LogP contribution in [0.3, 0.4) is 0 Å². The molecule has 1 saturated heterocycles. The zero-order valence-electron chi connectivity index (χ0n) is 15.0. The maximum Gasteiger partial charge on any atom is 0.0670 e. The van der Waals surface area contributed by atoms with Gasteiger partial charge in [-0.2, -0.15) is 0 Å². The van der Waals surface area contributed by atoms with Crippen molar-refractivity contribution < 1.29 is 9.84 Å². The summed E-state index contributed by atoms with van der Waals surface area (Å²) in [7, 11) is 0. The molecule has 1 fully saturated rings. The van der Waals surface area contributed by atoms with Crippen molar-refractivity contribution >= 4 is 0 Å². The van der Waals surface area contributed by atoms with Gasteiger partial charge in [-0.1, -0.05) is 30.3 Å². The molecule has 1 N–H and O–H groups in total. The van der Waals surface area contributed by atoms with E-state index < -0.39 is 0 Å². The Kier molecular flexibility index (Phi) is 8.47. The number of benzene rings is 1. The van der Waals surface area contributed by atoms with Gasteiger partial charge in [0.05, 0.1) is 19.3 Å². The van der Waals surface area contributed by atoms with Crippen LogP contribution in [0.25, 0.3) is 0 Å². The second-order valence-corrected chi connectivity index (χ2v) is 6.64. The van der Waals surface area contributed by atoms with Crippen molar-refractivity contribution in [2.24, 2.45) is 0 Å². The van der Waals surface area contributed by atoms with Crippen LogP contribution < -0.4 is 0 Å². The van der Waals surface area contributed by atoms with E-state index in [0.29, 0.717) is 6.54 Å². The number of allylic oxidation sites excluding steroid dienone is 1. The summed E-state index contributed by atoms with van der Waals surface area (Å²) in [6.45, 7) is 13.2. The van der Waals surface area contributed by atoms with Gasteiger partial charge >= 0.3 is 0 Å². The Labute approximate surface area is 146 Å². The van der Waals surface area contributed by atoms with Crippen LogP contribution in [0.4, 0.5) is 0 Å². The summed E-state index contributed by atoms with van der Waals surface area (Å²) in [6, 6.07) is 8.52. The summed E-state index contributed by atoms with van der Waals surface area (Å²) in [4.78, 5) is 4.83. The Balaban J connectivity index is 1.91. The first-order valence-electron chi connectivity index (χ1n) is 9.05. The van der Waals surface area contributed by atoms with Gasteiger partial charge in [0.25, 0.3) is 0 Å². The number of morpholine rings is 1. The smallest absolute Gasteiger partial charge is 0.0670 e. The topological polar surface area (TPSA) is 35.9 Å². The monoisotopic (exact) mass is 332 g/mol. The third-order valence-corrected chi connectivity index (χ3v) is 4.66. The summed E-state index contributed by atoms with van der Waals surface area (Å²) in [5.41, 5.74) is 2.66. The van der Waals surface area contributed by atoms with Gasteiger partial charge in [0.2, 0.25) is 0 Å². The quantitative estimate of drug-likeness (QED) is 0.668. The molecular formula is C20H32N2O2. The Morgan fingerprint density at radius 3 is 2.79 bits per heavy atom. The lowest BCUT2D eigenvalue weighted by molar-refractivity contribution is 0.0288. The number of hydrogen-bond donors (Lipinski definition) is 1. The largest absolute Gasteiger partial charge is 0.392 e. The van der Waals surface area contributed by atoms with Crippen molar-refractivity contribution in [3.63, 3.8) is 0 Å². The van der Waals surface area contributed by atoms with Gasteiger partial charge in [0.1, 0.15) is 0 Å². The van der Waals surface area contributed by atoms with E-state index in [9.17, 15) is 5.11 Å². The Hall–Kier alpha value is -1.20. The van der Waals surface area contributed by atoms with E-state index in [1.807, 2.05) is 6.08 Å². The summed E-state index contributed by atoms with van der Waals surface area (Å²) in [6.07, 6.45) is 3.23. The lowest BCUT2D eigenvalue weighted by Gasteiger charge is -2.31. The normalized spacial score (nSPS) is 17.1. The first-order valence-corrected chi connectivity index (χ1v) is 9.05. The van der Waals surface area contributed by atoms with E-state index in [1.165, 1.54) is 11.1 Å². The maximum atomic E-state index is 10.3. The van der Waals surface area contributed by atoms with Gasteiger partial charge in [-0.05, 0) is 30.9 Å². The van der Waals surface area contributed by atoms with Gasteiger partial charge in [-0.25, -0.2) is 0 Å². The van der Waals surface area contributed by atoms with Crippen LogP contribution >= 0.6 is 0 Å². The van der Waals surface area contributed by atoms with Crippen LogP contribution in [-0.4, -0.2) is 66.9 Å². The molecule has 4 heteroatoms. The van der Waals surface area contributed by atoms with Crippen molar-refractivity contribution in [2.45, 2.75) is 32.4 Å². The molecule has 1 aromatic carbocycles.